The number of carbonyl (C=O) groups excluding carboxylic acids is 1. The van der Waals surface area contributed by atoms with Crippen LogP contribution in [-0.2, 0) is 9.59 Å². The molecule has 2 unspecified atom stereocenters. The number of para-hydroxylation sites is 1. The Morgan fingerprint density at radius 1 is 1.14 bits per heavy atom. The number of amides is 1. The molecule has 1 aromatic rings. The van der Waals surface area contributed by atoms with Gasteiger partial charge in [0, 0.05) is 17.2 Å². The molecule has 1 aromatic carbocycles. The predicted octanol–water partition coefficient (Wildman–Crippen LogP) is 3.02. The maximum absolute atomic E-state index is 12.9. The summed E-state index contributed by atoms with van der Waals surface area (Å²) in [5.74, 6) is -0.851. The van der Waals surface area contributed by atoms with E-state index >= 15 is 0 Å². The first-order valence-corrected chi connectivity index (χ1v) is 8.43. The summed E-state index contributed by atoms with van der Waals surface area (Å²) in [7, 11) is 0. The van der Waals surface area contributed by atoms with Crippen LogP contribution in [0, 0.1) is 11.8 Å². The molecule has 4 nitrogen and oxygen atoms in total. The quantitative estimate of drug-likeness (QED) is 0.912. The first-order valence-electron chi connectivity index (χ1n) is 7.44. The molecule has 5 heteroatoms. The number of anilines is 1. The van der Waals surface area contributed by atoms with Gasteiger partial charge in [0.25, 0.3) is 0 Å². The number of benzene rings is 1. The number of thioether (sulfide) groups is 1. The molecule has 1 N–H and O–H groups in total. The summed E-state index contributed by atoms with van der Waals surface area (Å²) < 4.78 is 0. The van der Waals surface area contributed by atoms with E-state index in [0.29, 0.717) is 19.4 Å². The number of fused-ring (bicyclic) bond motifs is 1. The second-order valence-electron chi connectivity index (χ2n) is 5.64. The topological polar surface area (TPSA) is 57.6 Å². The number of hydrogen-bond acceptors (Lipinski definition) is 3. The van der Waals surface area contributed by atoms with Crippen LogP contribution < -0.4 is 4.90 Å². The Bertz CT molecular complexity index is 560. The van der Waals surface area contributed by atoms with Crippen LogP contribution in [0.1, 0.15) is 25.7 Å². The molecule has 1 aliphatic heterocycles. The highest BCUT2D eigenvalue weighted by molar-refractivity contribution is 7.99. The maximum atomic E-state index is 12.9. The highest BCUT2D eigenvalue weighted by atomic mass is 32.2. The van der Waals surface area contributed by atoms with Crippen LogP contribution in [0.4, 0.5) is 5.69 Å². The summed E-state index contributed by atoms with van der Waals surface area (Å²) in [5.41, 5.74) is 0.938. The third kappa shape index (κ3) is 2.79. The van der Waals surface area contributed by atoms with Crippen LogP contribution in [0.5, 0.6) is 0 Å². The zero-order valence-electron chi connectivity index (χ0n) is 11.8. The van der Waals surface area contributed by atoms with E-state index in [1.165, 1.54) is 0 Å². The third-order valence-corrected chi connectivity index (χ3v) is 5.44. The minimum Gasteiger partial charge on any atom is -0.481 e. The van der Waals surface area contributed by atoms with Crippen LogP contribution in [0.15, 0.2) is 29.2 Å². The lowest BCUT2D eigenvalue weighted by Gasteiger charge is -2.35. The Balaban J connectivity index is 1.86. The number of carboxylic acids is 1. The fraction of sp³-hybridized carbons (Fsp3) is 0.500. The van der Waals surface area contributed by atoms with Crippen molar-refractivity contribution in [3.63, 3.8) is 0 Å². The van der Waals surface area contributed by atoms with Crippen molar-refractivity contribution in [2.24, 2.45) is 11.8 Å². The van der Waals surface area contributed by atoms with Crippen molar-refractivity contribution in [3.8, 4) is 0 Å². The molecule has 0 spiro atoms. The summed E-state index contributed by atoms with van der Waals surface area (Å²) in [4.78, 5) is 27.2. The molecule has 1 amide bonds. The van der Waals surface area contributed by atoms with Gasteiger partial charge in [-0.15, -0.1) is 11.8 Å². The number of nitrogens with zero attached hydrogens (tertiary/aromatic N) is 1. The molecule has 2 aliphatic rings. The highest BCUT2D eigenvalue weighted by Crippen LogP contribution is 2.38. The molecule has 1 fully saturated rings. The fourth-order valence-corrected chi connectivity index (χ4v) is 4.32. The van der Waals surface area contributed by atoms with Crippen molar-refractivity contribution in [3.05, 3.63) is 24.3 Å². The van der Waals surface area contributed by atoms with Crippen LogP contribution in [0.25, 0.3) is 0 Å². The number of carboxylic acid groups (broad SMARTS) is 1. The molecule has 112 valence electrons. The Morgan fingerprint density at radius 2 is 1.86 bits per heavy atom. The highest BCUT2D eigenvalue weighted by Gasteiger charge is 2.39. The summed E-state index contributed by atoms with van der Waals surface area (Å²) in [6.07, 6.45) is 3.18. The second-order valence-corrected chi connectivity index (χ2v) is 6.78. The van der Waals surface area contributed by atoms with Crippen LogP contribution in [0.2, 0.25) is 0 Å². The van der Waals surface area contributed by atoms with Crippen molar-refractivity contribution in [2.75, 3.05) is 17.2 Å². The minimum absolute atomic E-state index is 0.00477. The molecule has 0 radical (unpaired) electrons. The number of aliphatic carboxylic acids is 1. The maximum Gasteiger partial charge on any atom is 0.307 e. The smallest absolute Gasteiger partial charge is 0.307 e. The van der Waals surface area contributed by atoms with Crippen molar-refractivity contribution in [1.29, 1.82) is 0 Å². The largest absolute Gasteiger partial charge is 0.481 e. The first kappa shape index (κ1) is 14.4. The van der Waals surface area contributed by atoms with Gasteiger partial charge >= 0.3 is 5.97 Å². The molecule has 0 bridgehead atoms. The number of rotatable bonds is 2. The van der Waals surface area contributed by atoms with Gasteiger partial charge in [0.2, 0.25) is 5.91 Å². The van der Waals surface area contributed by atoms with Crippen molar-refractivity contribution < 1.29 is 14.7 Å². The Hall–Kier alpha value is -1.49. The summed E-state index contributed by atoms with van der Waals surface area (Å²) >= 11 is 1.75. The van der Waals surface area contributed by atoms with E-state index in [1.807, 2.05) is 24.3 Å². The molecular weight excluding hydrogens is 286 g/mol. The van der Waals surface area contributed by atoms with E-state index < -0.39 is 11.9 Å². The molecule has 0 aromatic heterocycles. The standard InChI is InChI=1S/C16H19NO3S/c18-15(11-5-1-2-6-12(11)16(19)20)17-9-10-21-14-8-4-3-7-13(14)17/h3-4,7-8,11-12H,1-2,5-6,9-10H2,(H,19,20). The molecule has 21 heavy (non-hydrogen) atoms. The zero-order chi connectivity index (χ0) is 14.8. The predicted molar refractivity (Wildman–Crippen MR) is 82.6 cm³/mol. The van der Waals surface area contributed by atoms with E-state index in [2.05, 4.69) is 0 Å². The van der Waals surface area contributed by atoms with Crippen LogP contribution in [0.3, 0.4) is 0 Å². The van der Waals surface area contributed by atoms with Crippen molar-refractivity contribution in [2.45, 2.75) is 30.6 Å². The Kier molecular flexibility index (Phi) is 4.19. The zero-order valence-corrected chi connectivity index (χ0v) is 12.6. The van der Waals surface area contributed by atoms with Gasteiger partial charge in [-0.05, 0) is 25.0 Å². The van der Waals surface area contributed by atoms with Gasteiger partial charge in [0.15, 0.2) is 0 Å². The van der Waals surface area contributed by atoms with Gasteiger partial charge in [0.1, 0.15) is 0 Å². The van der Waals surface area contributed by atoms with Gasteiger partial charge < -0.3 is 10.0 Å². The van der Waals surface area contributed by atoms with Gasteiger partial charge in [-0.25, -0.2) is 0 Å². The lowest BCUT2D eigenvalue weighted by molar-refractivity contribution is -0.148. The average Bonchev–Trinajstić information content (AvgIpc) is 2.53. The normalized spacial score (nSPS) is 25.2. The monoisotopic (exact) mass is 305 g/mol. The van der Waals surface area contributed by atoms with Gasteiger partial charge in [0.05, 0.1) is 17.5 Å². The summed E-state index contributed by atoms with van der Waals surface area (Å²) in [6, 6.07) is 7.88. The second kappa shape index (κ2) is 6.10. The van der Waals surface area contributed by atoms with E-state index in [-0.39, 0.29) is 11.8 Å². The van der Waals surface area contributed by atoms with Crippen molar-refractivity contribution >= 4 is 29.3 Å². The van der Waals surface area contributed by atoms with E-state index in [9.17, 15) is 14.7 Å². The number of hydrogen-bond donors (Lipinski definition) is 1. The molecule has 1 heterocycles. The van der Waals surface area contributed by atoms with Gasteiger partial charge in [-0.1, -0.05) is 25.0 Å². The van der Waals surface area contributed by atoms with Crippen molar-refractivity contribution in [1.82, 2.24) is 0 Å². The molecular formula is C16H19NO3S. The third-order valence-electron chi connectivity index (χ3n) is 4.39. The summed E-state index contributed by atoms with van der Waals surface area (Å²) in [6.45, 7) is 0.670. The average molecular weight is 305 g/mol. The van der Waals surface area contributed by atoms with E-state index in [0.717, 1.165) is 29.2 Å². The Labute approximate surface area is 128 Å². The molecule has 1 aliphatic carbocycles. The fourth-order valence-electron chi connectivity index (χ4n) is 3.32. The summed E-state index contributed by atoms with van der Waals surface area (Å²) in [5, 5.41) is 9.38. The first-order chi connectivity index (χ1) is 10.2. The Morgan fingerprint density at radius 3 is 2.62 bits per heavy atom. The number of carbonyl (C=O) groups is 2. The van der Waals surface area contributed by atoms with Crippen LogP contribution in [-0.4, -0.2) is 29.3 Å². The van der Waals surface area contributed by atoms with Gasteiger partial charge in [-0.2, -0.15) is 0 Å². The molecule has 3 rings (SSSR count). The van der Waals surface area contributed by atoms with E-state index in [1.54, 1.807) is 16.7 Å². The van der Waals surface area contributed by atoms with Gasteiger partial charge in [-0.3, -0.25) is 9.59 Å². The van der Waals surface area contributed by atoms with Crippen LogP contribution >= 0.6 is 11.8 Å². The lowest BCUT2D eigenvalue weighted by Crippen LogP contribution is -2.44. The van der Waals surface area contributed by atoms with E-state index in [4.69, 9.17) is 0 Å². The molecule has 1 saturated carbocycles. The SMILES string of the molecule is O=C(O)C1CCCCC1C(=O)N1CCSc2ccccc21. The lowest BCUT2D eigenvalue weighted by atomic mass is 9.78. The molecule has 2 atom stereocenters. The minimum atomic E-state index is -0.826. The molecule has 0 saturated heterocycles.